The molecule has 0 saturated heterocycles. The maximum Gasteiger partial charge on any atom is 0.296 e. The van der Waals surface area contributed by atoms with Crippen molar-refractivity contribution >= 4 is 62.5 Å². The highest BCUT2D eigenvalue weighted by atomic mass is 35.5. The first-order valence-corrected chi connectivity index (χ1v) is 16.9. The number of halogens is 1. The van der Waals surface area contributed by atoms with E-state index in [1.807, 2.05) is 36.4 Å². The summed E-state index contributed by atoms with van der Waals surface area (Å²) < 4.78 is 18.1. The zero-order chi connectivity index (χ0) is 32.2. The lowest BCUT2D eigenvalue weighted by molar-refractivity contribution is -0.117. The molecule has 0 fully saturated rings. The van der Waals surface area contributed by atoms with Gasteiger partial charge in [-0.25, -0.2) is 0 Å². The first-order chi connectivity index (χ1) is 22.4. The lowest BCUT2D eigenvalue weighted by Gasteiger charge is -2.24. The number of aromatic nitrogens is 2. The molecule has 5 aromatic rings. The summed E-state index contributed by atoms with van der Waals surface area (Å²) in [7, 11) is 1.52. The molecule has 0 radical (unpaired) electrons. The van der Waals surface area contributed by atoms with Crippen LogP contribution in [0.2, 0.25) is 5.02 Å². The molecule has 1 aliphatic rings. The summed E-state index contributed by atoms with van der Waals surface area (Å²) in [5.74, 6) is -0.578. The minimum atomic E-state index is -1.05. The first-order valence-electron chi connectivity index (χ1n) is 14.7. The van der Waals surface area contributed by atoms with Gasteiger partial charge in [-0.15, -0.1) is 10.2 Å². The minimum absolute atomic E-state index is 0.00140. The van der Waals surface area contributed by atoms with Crippen molar-refractivity contribution in [1.29, 1.82) is 0 Å². The van der Waals surface area contributed by atoms with E-state index in [1.54, 1.807) is 36.4 Å². The van der Waals surface area contributed by atoms with E-state index in [0.29, 0.717) is 44.4 Å². The minimum Gasteiger partial charge on any atom is -0.503 e. The number of rotatable bonds is 13. The Bertz CT molecular complexity index is 1900. The fourth-order valence-corrected chi connectivity index (χ4v) is 7.35. The van der Waals surface area contributed by atoms with E-state index in [2.05, 4.69) is 17.1 Å². The van der Waals surface area contributed by atoms with Crippen molar-refractivity contribution in [3.05, 3.63) is 106 Å². The summed E-state index contributed by atoms with van der Waals surface area (Å²) in [6, 6.07) is 20.5. The monoisotopic (exact) mass is 675 g/mol. The molecule has 1 N–H and O–H groups in total. The van der Waals surface area contributed by atoms with Gasteiger partial charge in [-0.05, 0) is 47.9 Å². The van der Waals surface area contributed by atoms with Crippen LogP contribution >= 0.6 is 34.7 Å². The second-order valence-corrected chi connectivity index (χ2v) is 13.1. The van der Waals surface area contributed by atoms with Crippen LogP contribution in [0.3, 0.4) is 0 Å². The van der Waals surface area contributed by atoms with Crippen molar-refractivity contribution < 1.29 is 28.6 Å². The van der Waals surface area contributed by atoms with Crippen LogP contribution in [0.15, 0.2) is 92.9 Å². The summed E-state index contributed by atoms with van der Waals surface area (Å²) in [6.45, 7) is 2.64. The number of ether oxygens (including phenoxy) is 2. The summed E-state index contributed by atoms with van der Waals surface area (Å²) in [5, 5.41) is 21.4. The molecule has 0 bridgehead atoms. The average Bonchev–Trinajstić information content (AvgIpc) is 3.79. The van der Waals surface area contributed by atoms with Crippen LogP contribution in [0, 0.1) is 0 Å². The van der Waals surface area contributed by atoms with Crippen LogP contribution < -0.4 is 14.4 Å². The topological polar surface area (TPSA) is 115 Å². The van der Waals surface area contributed by atoms with Crippen molar-refractivity contribution in [2.24, 2.45) is 0 Å². The van der Waals surface area contributed by atoms with Gasteiger partial charge in [0.05, 0.1) is 25.3 Å². The Hall–Kier alpha value is -4.32. The largest absolute Gasteiger partial charge is 0.503 e. The number of Topliss-reactive ketones (excluding diaryl/α,β-unsaturated/α-hetero) is 1. The lowest BCUT2D eigenvalue weighted by Crippen LogP contribution is -2.31. The molecule has 0 aliphatic carbocycles. The molecule has 3 heterocycles. The molecule has 0 spiro atoms. The number of amides is 1. The standard InChI is InChI=1S/C34H30ClN3O6S2/c1-3-4-9-16-43-25-15-14-21(18-26(25)42-2)29-28(30(39)27-17-20-10-6-8-13-24(20)44-27)31(40)32(41)38(29)33-36-37-34(46-33)45-19-22-11-5-7-12-23(22)35/h5-8,10-15,17-18,29,40H,3-4,9,16,19H2,1-2H3. The average molecular weight is 676 g/mol. The number of methoxy groups -OCH3 is 1. The molecule has 1 atom stereocenters. The number of unbranched alkanes of at least 4 members (excludes halogenated alkanes) is 2. The van der Waals surface area contributed by atoms with Gasteiger partial charge in [0.15, 0.2) is 27.4 Å². The van der Waals surface area contributed by atoms with E-state index in [9.17, 15) is 14.7 Å². The highest BCUT2D eigenvalue weighted by Crippen LogP contribution is 2.46. The zero-order valence-corrected chi connectivity index (χ0v) is 27.5. The number of carbonyl (C=O) groups is 2. The second-order valence-electron chi connectivity index (χ2n) is 10.5. The van der Waals surface area contributed by atoms with E-state index >= 15 is 0 Å². The van der Waals surface area contributed by atoms with E-state index in [0.717, 1.165) is 30.2 Å². The van der Waals surface area contributed by atoms with E-state index in [4.69, 9.17) is 25.5 Å². The van der Waals surface area contributed by atoms with Crippen LogP contribution in [-0.4, -0.2) is 40.7 Å². The van der Waals surface area contributed by atoms with Gasteiger partial charge in [0.25, 0.3) is 5.91 Å². The van der Waals surface area contributed by atoms with Crippen molar-refractivity contribution in [1.82, 2.24) is 10.2 Å². The number of aliphatic hydroxyl groups is 1. The highest BCUT2D eigenvalue weighted by Gasteiger charge is 2.47. The van der Waals surface area contributed by atoms with Crippen molar-refractivity contribution in [2.45, 2.75) is 42.3 Å². The highest BCUT2D eigenvalue weighted by molar-refractivity contribution is 8.00. The number of hydrogen-bond acceptors (Lipinski definition) is 10. The van der Waals surface area contributed by atoms with Gasteiger partial charge in [-0.3, -0.25) is 14.5 Å². The van der Waals surface area contributed by atoms with E-state index in [-0.39, 0.29) is 16.5 Å². The maximum atomic E-state index is 14.1. The van der Waals surface area contributed by atoms with Gasteiger partial charge >= 0.3 is 0 Å². The molecule has 2 aromatic heterocycles. The van der Waals surface area contributed by atoms with Crippen LogP contribution in [0.4, 0.5) is 5.13 Å². The number of anilines is 1. The second kappa shape index (κ2) is 14.0. The van der Waals surface area contributed by atoms with Crippen LogP contribution in [0.5, 0.6) is 11.5 Å². The Kier molecular flexibility index (Phi) is 9.62. The van der Waals surface area contributed by atoms with E-state index in [1.165, 1.54) is 35.1 Å². The first kappa shape index (κ1) is 31.7. The van der Waals surface area contributed by atoms with Crippen molar-refractivity contribution in [2.75, 3.05) is 18.6 Å². The number of carbonyl (C=O) groups excluding carboxylic acids is 2. The van der Waals surface area contributed by atoms with Crippen molar-refractivity contribution in [3.8, 4) is 11.5 Å². The van der Waals surface area contributed by atoms with Gasteiger partial charge in [-0.2, -0.15) is 0 Å². The number of ketones is 1. The normalized spacial score (nSPS) is 14.8. The van der Waals surface area contributed by atoms with Crippen LogP contribution in [-0.2, 0) is 10.5 Å². The Morgan fingerprint density at radius 2 is 1.87 bits per heavy atom. The number of thioether (sulfide) groups is 1. The molecule has 9 nitrogen and oxygen atoms in total. The Morgan fingerprint density at radius 3 is 2.65 bits per heavy atom. The molecule has 6 rings (SSSR count). The van der Waals surface area contributed by atoms with Gasteiger partial charge in [0.2, 0.25) is 10.9 Å². The number of fused-ring (bicyclic) bond motifs is 1. The van der Waals surface area contributed by atoms with Crippen LogP contribution in [0.1, 0.15) is 53.9 Å². The molecule has 0 saturated carbocycles. The van der Waals surface area contributed by atoms with Crippen LogP contribution in [0.25, 0.3) is 11.0 Å². The number of aliphatic hydroxyl groups excluding tert-OH is 1. The molecule has 1 aliphatic heterocycles. The summed E-state index contributed by atoms with van der Waals surface area (Å²) in [6.07, 6.45) is 3.00. The maximum absolute atomic E-state index is 14.1. The number of hydrogen-bond donors (Lipinski definition) is 1. The van der Waals surface area contributed by atoms with Gasteiger partial charge in [-0.1, -0.05) is 96.9 Å². The third kappa shape index (κ3) is 6.35. The van der Waals surface area contributed by atoms with E-state index < -0.39 is 23.5 Å². The molecule has 236 valence electrons. The molecule has 46 heavy (non-hydrogen) atoms. The third-order valence-electron chi connectivity index (χ3n) is 7.52. The fourth-order valence-electron chi connectivity index (χ4n) is 5.20. The molecule has 12 heteroatoms. The van der Waals surface area contributed by atoms with Gasteiger partial charge < -0.3 is 19.0 Å². The molecular weight excluding hydrogens is 646 g/mol. The predicted octanol–water partition coefficient (Wildman–Crippen LogP) is 8.59. The van der Waals surface area contributed by atoms with Gasteiger partial charge in [0.1, 0.15) is 5.58 Å². The Morgan fingerprint density at radius 1 is 1.07 bits per heavy atom. The lowest BCUT2D eigenvalue weighted by atomic mass is 9.95. The molecule has 1 amide bonds. The van der Waals surface area contributed by atoms with Gasteiger partial charge in [0, 0.05) is 16.2 Å². The Balaban J connectivity index is 1.37. The predicted molar refractivity (Wildman–Crippen MR) is 179 cm³/mol. The molecular formula is C34H30ClN3O6S2. The SMILES string of the molecule is CCCCCOc1ccc(C2C(C(=O)c3cc4ccccc4o3)=C(O)C(=O)N2c2nnc(SCc3ccccc3Cl)s2)cc1OC. The molecule has 1 unspecified atom stereocenters. The quantitative estimate of drug-likeness (QED) is 0.0567. The number of para-hydroxylation sites is 1. The Labute approximate surface area is 278 Å². The summed E-state index contributed by atoms with van der Waals surface area (Å²) >= 11 is 8.93. The smallest absolute Gasteiger partial charge is 0.296 e. The number of nitrogens with zero attached hydrogens (tertiary/aromatic N) is 3. The summed E-state index contributed by atoms with van der Waals surface area (Å²) in [5.41, 5.74) is 1.82. The third-order valence-corrected chi connectivity index (χ3v) is 10.00. The fraction of sp³-hybridized carbons (Fsp3) is 0.235. The summed E-state index contributed by atoms with van der Waals surface area (Å²) in [4.78, 5) is 29.1. The number of furan rings is 1. The zero-order valence-electron chi connectivity index (χ0n) is 25.1. The molecule has 3 aromatic carbocycles. The van der Waals surface area contributed by atoms with Crippen molar-refractivity contribution in [3.63, 3.8) is 0 Å². The number of benzene rings is 3.